The van der Waals surface area contributed by atoms with Crippen LogP contribution in [0.5, 0.6) is 11.5 Å². The summed E-state index contributed by atoms with van der Waals surface area (Å²) >= 11 is 0. The third-order valence-electron chi connectivity index (χ3n) is 9.10. The van der Waals surface area contributed by atoms with Crippen molar-refractivity contribution in [2.45, 2.75) is 67.7 Å². The Balaban J connectivity index is 1.30. The SMILES string of the molecule is O=C(N[C@@H]1CC[C@@]2(O)[C@H]3Cc4ccc(O)c5c4[C@@]2(CCN3CC2CC2)[C@H]1O5)c1ccncc1F. The van der Waals surface area contributed by atoms with Crippen LogP contribution >= 0.6 is 0 Å². The van der Waals surface area contributed by atoms with E-state index in [1.54, 1.807) is 6.07 Å². The van der Waals surface area contributed by atoms with E-state index in [0.29, 0.717) is 25.0 Å². The maximum absolute atomic E-state index is 14.2. The summed E-state index contributed by atoms with van der Waals surface area (Å²) in [5.74, 6) is 0.0256. The number of amides is 1. The van der Waals surface area contributed by atoms with E-state index in [0.717, 1.165) is 42.8 Å². The lowest BCUT2D eigenvalue weighted by molar-refractivity contribution is -0.191. The van der Waals surface area contributed by atoms with Crippen LogP contribution < -0.4 is 10.1 Å². The average molecular weight is 466 g/mol. The Hall–Kier alpha value is -2.71. The van der Waals surface area contributed by atoms with Gasteiger partial charge in [0.15, 0.2) is 17.3 Å². The van der Waals surface area contributed by atoms with Gasteiger partial charge in [-0.2, -0.15) is 0 Å². The molecule has 0 radical (unpaired) electrons. The number of aliphatic hydroxyl groups is 1. The first-order chi connectivity index (χ1) is 16.4. The highest BCUT2D eigenvalue weighted by atomic mass is 19.1. The number of likely N-dealkylation sites (tertiary alicyclic amines) is 1. The van der Waals surface area contributed by atoms with E-state index >= 15 is 0 Å². The summed E-state index contributed by atoms with van der Waals surface area (Å²) in [4.78, 5) is 19.2. The number of nitrogens with zero attached hydrogens (tertiary/aromatic N) is 2. The summed E-state index contributed by atoms with van der Waals surface area (Å²) < 4.78 is 20.7. The number of halogens is 1. The average Bonchev–Trinajstić information content (AvgIpc) is 3.56. The van der Waals surface area contributed by atoms with Crippen molar-refractivity contribution in [2.24, 2.45) is 5.92 Å². The van der Waals surface area contributed by atoms with Gasteiger partial charge < -0.3 is 20.3 Å². The fraction of sp³-hybridized carbons (Fsp3) is 0.538. The number of phenolic OH excluding ortho intramolecular Hbond substituents is 1. The van der Waals surface area contributed by atoms with Crippen LogP contribution in [0.15, 0.2) is 30.6 Å². The van der Waals surface area contributed by atoms with E-state index in [2.05, 4.69) is 15.2 Å². The van der Waals surface area contributed by atoms with Gasteiger partial charge in [-0.1, -0.05) is 6.07 Å². The van der Waals surface area contributed by atoms with Crippen LogP contribution in [0, 0.1) is 11.7 Å². The molecule has 8 heteroatoms. The van der Waals surface area contributed by atoms with Gasteiger partial charge in [-0.05, 0) is 68.7 Å². The van der Waals surface area contributed by atoms with Crippen LogP contribution in [0.1, 0.15) is 53.6 Å². The van der Waals surface area contributed by atoms with Crippen molar-refractivity contribution in [1.82, 2.24) is 15.2 Å². The molecule has 7 nitrogen and oxygen atoms in total. The van der Waals surface area contributed by atoms with Crippen LogP contribution in [0.25, 0.3) is 0 Å². The largest absolute Gasteiger partial charge is 0.504 e. The molecule has 5 aliphatic rings. The zero-order valence-electron chi connectivity index (χ0n) is 18.8. The molecule has 3 fully saturated rings. The number of phenols is 1. The van der Waals surface area contributed by atoms with Crippen molar-refractivity contribution in [3.63, 3.8) is 0 Å². The molecule has 1 aromatic heterocycles. The molecular formula is C26H28FN3O4. The summed E-state index contributed by atoms with van der Waals surface area (Å²) in [6.07, 6.45) is 6.84. The number of hydrogen-bond donors (Lipinski definition) is 3. The Bertz CT molecular complexity index is 1200. The molecule has 0 unspecified atom stereocenters. The predicted molar refractivity (Wildman–Crippen MR) is 120 cm³/mol. The van der Waals surface area contributed by atoms with Crippen LogP contribution in [0.3, 0.4) is 0 Å². The van der Waals surface area contributed by atoms with Crippen LogP contribution in [-0.4, -0.2) is 62.9 Å². The number of piperidine rings is 1. The van der Waals surface area contributed by atoms with Crippen molar-refractivity contribution in [2.75, 3.05) is 13.1 Å². The highest BCUT2D eigenvalue weighted by Gasteiger charge is 2.73. The highest BCUT2D eigenvalue weighted by molar-refractivity contribution is 5.94. The summed E-state index contributed by atoms with van der Waals surface area (Å²) in [7, 11) is 0. The Morgan fingerprint density at radius 2 is 2.12 bits per heavy atom. The van der Waals surface area contributed by atoms with E-state index in [1.165, 1.54) is 25.1 Å². The lowest BCUT2D eigenvalue weighted by atomic mass is 9.48. The molecule has 3 heterocycles. The number of pyridine rings is 1. The van der Waals surface area contributed by atoms with Gasteiger partial charge in [0.25, 0.3) is 5.91 Å². The first kappa shape index (κ1) is 20.6. The predicted octanol–water partition coefficient (Wildman–Crippen LogP) is 2.29. The third-order valence-corrected chi connectivity index (χ3v) is 9.10. The fourth-order valence-corrected chi connectivity index (χ4v) is 7.43. The van der Waals surface area contributed by atoms with Gasteiger partial charge in [0.1, 0.15) is 6.10 Å². The lowest BCUT2D eigenvalue weighted by Gasteiger charge is -2.64. The second kappa shape index (κ2) is 6.92. The number of aromatic hydroxyl groups is 1. The van der Waals surface area contributed by atoms with E-state index in [4.69, 9.17) is 4.74 Å². The molecule has 2 bridgehead atoms. The molecule has 3 aliphatic carbocycles. The molecule has 3 N–H and O–H groups in total. The summed E-state index contributed by atoms with van der Waals surface area (Å²) in [6.45, 7) is 1.86. The zero-order chi connectivity index (χ0) is 23.2. The molecule has 1 amide bonds. The van der Waals surface area contributed by atoms with E-state index in [9.17, 15) is 19.4 Å². The minimum atomic E-state index is -1.01. The molecule has 5 atom stereocenters. The number of carbonyl (C=O) groups excluding carboxylic acids is 1. The lowest BCUT2D eigenvalue weighted by Crippen LogP contribution is -2.78. The normalized spacial score (nSPS) is 35.4. The van der Waals surface area contributed by atoms with E-state index in [1.807, 2.05) is 6.07 Å². The van der Waals surface area contributed by atoms with Crippen molar-refractivity contribution in [3.05, 3.63) is 53.1 Å². The van der Waals surface area contributed by atoms with Gasteiger partial charge in [0.05, 0.1) is 28.8 Å². The molecule has 2 aliphatic heterocycles. The summed E-state index contributed by atoms with van der Waals surface area (Å²) in [6, 6.07) is 4.55. The number of hydrogen-bond acceptors (Lipinski definition) is 6. The molecule has 1 aromatic carbocycles. The minimum absolute atomic E-state index is 0.0229. The molecule has 7 rings (SSSR count). The van der Waals surface area contributed by atoms with Crippen molar-refractivity contribution in [3.8, 4) is 11.5 Å². The fourth-order valence-electron chi connectivity index (χ4n) is 7.43. The van der Waals surface area contributed by atoms with Gasteiger partial charge in [-0.3, -0.25) is 14.7 Å². The Kier molecular flexibility index (Phi) is 4.20. The number of nitrogens with one attached hydrogen (secondary N) is 1. The maximum Gasteiger partial charge on any atom is 0.254 e. The molecule has 178 valence electrons. The first-order valence-electron chi connectivity index (χ1n) is 12.3. The number of carbonyl (C=O) groups is 1. The second-order valence-corrected chi connectivity index (χ2v) is 10.8. The quantitative estimate of drug-likeness (QED) is 0.642. The van der Waals surface area contributed by atoms with E-state index < -0.39 is 34.9 Å². The zero-order valence-corrected chi connectivity index (χ0v) is 18.8. The molecular weight excluding hydrogens is 437 g/mol. The summed E-state index contributed by atoms with van der Waals surface area (Å²) in [5, 5.41) is 26.1. The maximum atomic E-state index is 14.2. The minimum Gasteiger partial charge on any atom is -0.504 e. The van der Waals surface area contributed by atoms with Crippen LogP contribution in [0.4, 0.5) is 4.39 Å². The van der Waals surface area contributed by atoms with Gasteiger partial charge >= 0.3 is 0 Å². The summed E-state index contributed by atoms with van der Waals surface area (Å²) in [5.41, 5.74) is 0.231. The van der Waals surface area contributed by atoms with Gasteiger partial charge in [-0.25, -0.2) is 4.39 Å². The molecule has 2 aromatic rings. The van der Waals surface area contributed by atoms with Gasteiger partial charge in [0.2, 0.25) is 0 Å². The molecule has 34 heavy (non-hydrogen) atoms. The monoisotopic (exact) mass is 465 g/mol. The van der Waals surface area contributed by atoms with Gasteiger partial charge in [-0.15, -0.1) is 0 Å². The number of ether oxygens (including phenoxy) is 1. The van der Waals surface area contributed by atoms with Crippen molar-refractivity contribution in [1.29, 1.82) is 0 Å². The highest BCUT2D eigenvalue weighted by Crippen LogP contribution is 2.65. The Labute approximate surface area is 196 Å². The topological polar surface area (TPSA) is 94.9 Å². The van der Waals surface area contributed by atoms with Gasteiger partial charge in [0, 0.05) is 24.3 Å². The molecule has 2 saturated carbocycles. The van der Waals surface area contributed by atoms with Crippen molar-refractivity contribution < 1.29 is 24.1 Å². The second-order valence-electron chi connectivity index (χ2n) is 10.8. The third kappa shape index (κ3) is 2.58. The Morgan fingerprint density at radius 1 is 1.26 bits per heavy atom. The molecule has 1 saturated heterocycles. The van der Waals surface area contributed by atoms with Crippen LogP contribution in [-0.2, 0) is 11.8 Å². The standard InChI is InChI=1S/C26H28FN3O4/c27-17-12-28-9-6-16(17)24(32)29-18-5-7-26(33)20-11-15-3-4-19(31)22-21(15)25(26,23(18)34-22)8-10-30(20)13-14-1-2-14/h3-4,6,9,12,14,18,20,23,31,33H,1-2,5,7-8,10-11,13H2,(H,29,32)/t18-,20-,23+,25+,26-/m1/s1. The number of aromatic nitrogens is 1. The van der Waals surface area contributed by atoms with E-state index in [-0.39, 0.29) is 17.4 Å². The molecule has 1 spiro atoms. The van der Waals surface area contributed by atoms with Crippen LogP contribution in [0.2, 0.25) is 0 Å². The van der Waals surface area contributed by atoms with Crippen molar-refractivity contribution >= 4 is 5.91 Å². The number of benzene rings is 1. The smallest absolute Gasteiger partial charge is 0.254 e. The number of rotatable bonds is 4. The first-order valence-corrected chi connectivity index (χ1v) is 12.3. The Morgan fingerprint density at radius 3 is 2.91 bits per heavy atom.